The number of ether oxygens (including phenoxy) is 1. The SMILES string of the molecule is [C-]#[N+]C1(C)CC(O)(c2ncc(-c3cc4c(cc3F)nc3n4[C@@H]4C[C@H]3NC(=O)c3cccc(OC(F)F)c34)cn2)C1. The average Bonchev–Trinajstić information content (AvgIpc) is 3.38. The first-order chi connectivity index (χ1) is 19.1. The van der Waals surface area contributed by atoms with Crippen molar-refractivity contribution in [3.63, 3.8) is 0 Å². The van der Waals surface area contributed by atoms with Crippen LogP contribution in [0.25, 0.3) is 27.0 Å². The van der Waals surface area contributed by atoms with Crippen molar-refractivity contribution in [2.24, 2.45) is 0 Å². The number of halogens is 3. The predicted molar refractivity (Wildman–Crippen MR) is 135 cm³/mol. The van der Waals surface area contributed by atoms with Crippen LogP contribution in [0.3, 0.4) is 0 Å². The number of aliphatic hydroxyl groups is 1. The number of hydrogen-bond donors (Lipinski definition) is 2. The molecule has 4 heterocycles. The normalized spacial score (nSPS) is 26.5. The fourth-order valence-electron chi connectivity index (χ4n) is 6.41. The van der Waals surface area contributed by atoms with E-state index in [2.05, 4.69) is 25.1 Å². The van der Waals surface area contributed by atoms with Crippen LogP contribution in [0.4, 0.5) is 13.2 Å². The standard InChI is InChI=1S/C28H21F3N6O3/c1-27(32-2)11-28(39,12-27)25-33-9-13(10-34-25)15-6-19-17(7-16(15)29)35-23-18-8-20(37(19)23)22-14(24(38)36-18)4-3-5-21(22)40-26(30)31/h3-7,9-10,18,20,26,39H,8,11-12H2,1H3,(H,36,38)/t18-,20-,27?,28?/m1/s1. The van der Waals surface area contributed by atoms with E-state index in [1.165, 1.54) is 30.6 Å². The van der Waals surface area contributed by atoms with Crippen molar-refractivity contribution in [2.45, 2.75) is 56.0 Å². The number of carbonyl (C=O) groups excluding carboxylic acids is 1. The second-order valence-electron chi connectivity index (χ2n) is 10.8. The Morgan fingerprint density at radius 2 is 1.98 bits per heavy atom. The number of benzene rings is 2. The Labute approximate surface area is 225 Å². The molecule has 1 fully saturated rings. The lowest BCUT2D eigenvalue weighted by Crippen LogP contribution is -2.51. The third kappa shape index (κ3) is 3.50. The molecule has 202 valence electrons. The molecule has 2 aromatic carbocycles. The summed E-state index contributed by atoms with van der Waals surface area (Å²) in [5, 5.41) is 13.7. The van der Waals surface area contributed by atoms with Gasteiger partial charge in [-0.3, -0.25) is 4.79 Å². The van der Waals surface area contributed by atoms with Gasteiger partial charge in [-0.2, -0.15) is 8.78 Å². The Balaban J connectivity index is 1.32. The van der Waals surface area contributed by atoms with Crippen molar-refractivity contribution in [2.75, 3.05) is 0 Å². The van der Waals surface area contributed by atoms with Gasteiger partial charge in [-0.05, 0) is 24.6 Å². The molecule has 0 saturated heterocycles. The molecular formula is C28H21F3N6O3. The van der Waals surface area contributed by atoms with Crippen LogP contribution in [0.5, 0.6) is 5.75 Å². The Hall–Kier alpha value is -4.50. The summed E-state index contributed by atoms with van der Waals surface area (Å²) in [6.45, 7) is 5.97. The number of imidazole rings is 1. The maximum atomic E-state index is 15.3. The number of hydrogen-bond acceptors (Lipinski definition) is 6. The maximum absolute atomic E-state index is 15.3. The van der Waals surface area contributed by atoms with Crippen molar-refractivity contribution in [3.8, 4) is 16.9 Å². The molecule has 4 aromatic rings. The van der Waals surface area contributed by atoms with E-state index in [-0.39, 0.29) is 35.5 Å². The molecule has 12 heteroatoms. The zero-order valence-electron chi connectivity index (χ0n) is 21.0. The molecule has 9 nitrogen and oxygen atoms in total. The minimum Gasteiger partial charge on any atom is -0.434 e. The second kappa shape index (κ2) is 8.25. The van der Waals surface area contributed by atoms with Crippen LogP contribution in [-0.4, -0.2) is 42.7 Å². The van der Waals surface area contributed by atoms with Crippen LogP contribution >= 0.6 is 0 Å². The lowest BCUT2D eigenvalue weighted by molar-refractivity contribution is -0.0809. The van der Waals surface area contributed by atoms with Crippen molar-refractivity contribution in [3.05, 3.63) is 82.7 Å². The molecule has 2 aromatic heterocycles. The highest BCUT2D eigenvalue weighted by molar-refractivity contribution is 5.98. The van der Waals surface area contributed by atoms with Crippen molar-refractivity contribution < 1.29 is 27.8 Å². The van der Waals surface area contributed by atoms with E-state index < -0.39 is 41.6 Å². The lowest BCUT2D eigenvalue weighted by atomic mass is 9.66. The van der Waals surface area contributed by atoms with E-state index in [1.807, 2.05) is 4.57 Å². The Bertz CT molecular complexity index is 1760. The van der Waals surface area contributed by atoms with E-state index in [1.54, 1.807) is 19.1 Å². The summed E-state index contributed by atoms with van der Waals surface area (Å²) in [6.07, 6.45) is 3.64. The molecule has 40 heavy (non-hydrogen) atoms. The number of aromatic nitrogens is 4. The maximum Gasteiger partial charge on any atom is 0.387 e. The summed E-state index contributed by atoms with van der Waals surface area (Å²) >= 11 is 0. The minimum absolute atomic E-state index is 0.0995. The number of nitrogens with zero attached hydrogens (tertiary/aromatic N) is 5. The van der Waals surface area contributed by atoms with E-state index >= 15 is 4.39 Å². The highest BCUT2D eigenvalue weighted by Gasteiger charge is 2.59. The molecule has 2 bridgehead atoms. The van der Waals surface area contributed by atoms with E-state index in [0.29, 0.717) is 34.4 Å². The van der Waals surface area contributed by atoms with Crippen molar-refractivity contribution in [1.29, 1.82) is 0 Å². The molecule has 7 rings (SSSR count). The molecule has 0 unspecified atom stereocenters. The van der Waals surface area contributed by atoms with Crippen LogP contribution in [0.2, 0.25) is 0 Å². The Morgan fingerprint density at radius 1 is 1.23 bits per heavy atom. The fourth-order valence-corrected chi connectivity index (χ4v) is 6.41. The Morgan fingerprint density at radius 3 is 2.67 bits per heavy atom. The summed E-state index contributed by atoms with van der Waals surface area (Å²) in [5.41, 5.74) is 0.0202. The zero-order valence-corrected chi connectivity index (χ0v) is 21.0. The molecule has 1 saturated carbocycles. The first-order valence-electron chi connectivity index (χ1n) is 12.6. The zero-order chi connectivity index (χ0) is 28.0. The van der Waals surface area contributed by atoms with Crippen LogP contribution in [0, 0.1) is 12.4 Å². The monoisotopic (exact) mass is 546 g/mol. The predicted octanol–water partition coefficient (Wildman–Crippen LogP) is 4.67. The number of carbonyl (C=O) groups is 1. The number of fused-ring (bicyclic) bond motifs is 9. The number of amides is 1. The summed E-state index contributed by atoms with van der Waals surface area (Å²) < 4.78 is 48.5. The van der Waals surface area contributed by atoms with Gasteiger partial charge in [0.05, 0.1) is 36.0 Å². The average molecular weight is 547 g/mol. The number of nitrogens with one attached hydrogen (secondary N) is 1. The van der Waals surface area contributed by atoms with Crippen molar-refractivity contribution >= 4 is 16.9 Å². The summed E-state index contributed by atoms with van der Waals surface area (Å²) in [6, 6.07) is 6.26. The van der Waals surface area contributed by atoms with Gasteiger partial charge in [0, 0.05) is 47.6 Å². The van der Waals surface area contributed by atoms with Gasteiger partial charge in [0.25, 0.3) is 5.91 Å². The largest absolute Gasteiger partial charge is 0.434 e. The third-order valence-electron chi connectivity index (χ3n) is 8.05. The van der Waals surface area contributed by atoms with E-state index in [0.717, 1.165) is 0 Å². The molecule has 2 N–H and O–H groups in total. The third-order valence-corrected chi connectivity index (χ3v) is 8.05. The second-order valence-corrected chi connectivity index (χ2v) is 10.8. The van der Waals surface area contributed by atoms with Gasteiger partial charge in [0.15, 0.2) is 5.82 Å². The van der Waals surface area contributed by atoms with E-state index in [4.69, 9.17) is 11.3 Å². The summed E-state index contributed by atoms with van der Waals surface area (Å²) in [5.74, 6) is -0.429. The smallest absolute Gasteiger partial charge is 0.387 e. The van der Waals surface area contributed by atoms with Crippen LogP contribution < -0.4 is 10.1 Å². The van der Waals surface area contributed by atoms with Gasteiger partial charge < -0.3 is 24.6 Å². The van der Waals surface area contributed by atoms with Gasteiger partial charge in [-0.25, -0.2) is 25.9 Å². The molecule has 2 atom stereocenters. The van der Waals surface area contributed by atoms with Crippen LogP contribution in [-0.2, 0) is 5.60 Å². The molecule has 1 amide bonds. The first kappa shape index (κ1) is 24.5. The molecular weight excluding hydrogens is 525 g/mol. The fraction of sp³-hybridized carbons (Fsp3) is 0.321. The number of rotatable bonds is 4. The van der Waals surface area contributed by atoms with Crippen LogP contribution in [0.1, 0.15) is 65.8 Å². The summed E-state index contributed by atoms with van der Waals surface area (Å²) in [7, 11) is 0. The number of alkyl halides is 2. The highest BCUT2D eigenvalue weighted by atomic mass is 19.3. The van der Waals surface area contributed by atoms with Crippen LogP contribution in [0.15, 0.2) is 42.7 Å². The molecule has 3 aliphatic rings. The quantitative estimate of drug-likeness (QED) is 0.361. The van der Waals surface area contributed by atoms with Gasteiger partial charge in [-0.1, -0.05) is 6.07 Å². The Kier molecular flexibility index (Phi) is 5.06. The lowest BCUT2D eigenvalue weighted by Gasteiger charge is -2.41. The van der Waals surface area contributed by atoms with Gasteiger partial charge in [0.1, 0.15) is 23.0 Å². The molecule has 0 spiro atoms. The minimum atomic E-state index is -3.08. The van der Waals surface area contributed by atoms with E-state index in [9.17, 15) is 18.7 Å². The van der Waals surface area contributed by atoms with Crippen molar-refractivity contribution in [1.82, 2.24) is 24.8 Å². The van der Waals surface area contributed by atoms with Gasteiger partial charge in [-0.15, -0.1) is 0 Å². The molecule has 0 radical (unpaired) electrons. The summed E-state index contributed by atoms with van der Waals surface area (Å²) in [4.78, 5) is 29.6. The topological polar surface area (TPSA) is 107 Å². The highest BCUT2D eigenvalue weighted by Crippen LogP contribution is 2.50. The molecule has 1 aliphatic carbocycles. The first-order valence-corrected chi connectivity index (χ1v) is 12.6. The van der Waals surface area contributed by atoms with Gasteiger partial charge in [0.2, 0.25) is 5.54 Å². The van der Waals surface area contributed by atoms with Gasteiger partial charge >= 0.3 is 6.61 Å². The molecule has 2 aliphatic heterocycles.